The van der Waals surface area contributed by atoms with Crippen LogP contribution in [0.4, 0.5) is 11.8 Å². The Hall–Kier alpha value is -2.16. The van der Waals surface area contributed by atoms with Gasteiger partial charge in [0.1, 0.15) is 11.6 Å². The Kier molecular flexibility index (Phi) is 7.65. The van der Waals surface area contributed by atoms with E-state index in [1.165, 1.54) is 0 Å². The fraction of sp³-hybridized carbons (Fsp3) is 0.667. The fourth-order valence-electron chi connectivity index (χ4n) is 4.71. The summed E-state index contributed by atoms with van der Waals surface area (Å²) in [5.74, 6) is 2.66. The van der Waals surface area contributed by atoms with Gasteiger partial charge in [-0.2, -0.15) is 4.98 Å². The van der Waals surface area contributed by atoms with Gasteiger partial charge in [0.05, 0.1) is 12.6 Å². The van der Waals surface area contributed by atoms with E-state index in [4.69, 9.17) is 20.4 Å². The molecule has 1 aromatic heterocycles. The molecule has 2 aromatic rings. The van der Waals surface area contributed by atoms with E-state index in [1.54, 1.807) is 7.11 Å². The van der Waals surface area contributed by atoms with Gasteiger partial charge in [-0.05, 0) is 90.1 Å². The Morgan fingerprint density at radius 2 is 1.81 bits per heavy atom. The summed E-state index contributed by atoms with van der Waals surface area (Å²) in [6, 6.07) is 4.72. The smallest absolute Gasteiger partial charge is 0.227 e. The third-order valence-electron chi connectivity index (χ3n) is 6.80. The van der Waals surface area contributed by atoms with Gasteiger partial charge >= 0.3 is 0 Å². The van der Waals surface area contributed by atoms with Crippen LogP contribution in [0, 0.1) is 0 Å². The number of hydrogen-bond acceptors (Lipinski definition) is 8. The van der Waals surface area contributed by atoms with Gasteiger partial charge in [-0.25, -0.2) is 4.98 Å². The van der Waals surface area contributed by atoms with Gasteiger partial charge in [0.25, 0.3) is 0 Å². The second-order valence-electron chi connectivity index (χ2n) is 9.31. The molecule has 0 saturated carbocycles. The van der Waals surface area contributed by atoms with Crippen LogP contribution in [-0.4, -0.2) is 92.8 Å². The molecule has 4 rings (SSSR count). The Bertz CT molecular complexity index is 898. The van der Waals surface area contributed by atoms with Crippen molar-refractivity contribution in [3.8, 4) is 5.75 Å². The first-order valence-corrected chi connectivity index (χ1v) is 12.0. The maximum absolute atomic E-state index is 5.78. The minimum Gasteiger partial charge on any atom is -0.496 e. The molecule has 1 aromatic carbocycles. The van der Waals surface area contributed by atoms with Crippen LogP contribution in [0.5, 0.6) is 5.75 Å². The van der Waals surface area contributed by atoms with Crippen LogP contribution in [0.25, 0.3) is 10.9 Å². The van der Waals surface area contributed by atoms with Crippen molar-refractivity contribution in [3.05, 3.63) is 17.7 Å². The molecule has 2 fully saturated rings. The van der Waals surface area contributed by atoms with Gasteiger partial charge in [0.2, 0.25) is 5.95 Å². The van der Waals surface area contributed by atoms with E-state index < -0.39 is 0 Å². The van der Waals surface area contributed by atoms with Crippen molar-refractivity contribution in [1.82, 2.24) is 19.8 Å². The number of likely N-dealkylation sites (tertiary alicyclic amines) is 1. The number of hydrogen-bond donors (Lipinski definition) is 2. The number of likely N-dealkylation sites (N-methyl/N-ethyl adjacent to an activating group) is 1. The third-order valence-corrected chi connectivity index (χ3v) is 6.80. The zero-order valence-electron chi connectivity index (χ0n) is 19.9. The van der Waals surface area contributed by atoms with Crippen molar-refractivity contribution in [1.29, 1.82) is 0 Å². The van der Waals surface area contributed by atoms with E-state index in [2.05, 4.69) is 46.2 Å². The average Bonchev–Trinajstić information content (AvgIpc) is 3.02. The van der Waals surface area contributed by atoms with Crippen LogP contribution in [0.3, 0.4) is 0 Å². The summed E-state index contributed by atoms with van der Waals surface area (Å²) in [4.78, 5) is 17.2. The summed E-state index contributed by atoms with van der Waals surface area (Å²) in [5, 5.41) is 4.81. The predicted molar refractivity (Wildman–Crippen MR) is 132 cm³/mol. The van der Waals surface area contributed by atoms with E-state index in [0.29, 0.717) is 12.6 Å². The monoisotopic (exact) mass is 441 g/mol. The molecule has 0 spiro atoms. The van der Waals surface area contributed by atoms with E-state index in [1.807, 2.05) is 0 Å². The van der Waals surface area contributed by atoms with Gasteiger partial charge in [-0.3, -0.25) is 0 Å². The highest BCUT2D eigenvalue weighted by molar-refractivity contribution is 5.92. The predicted octanol–water partition coefficient (Wildman–Crippen LogP) is 2.18. The summed E-state index contributed by atoms with van der Waals surface area (Å²) < 4.78 is 5.74. The number of aromatic nitrogens is 2. The third kappa shape index (κ3) is 5.42. The number of nitrogens with one attached hydrogen (secondary N) is 1. The lowest BCUT2D eigenvalue weighted by atomic mass is 10.0. The van der Waals surface area contributed by atoms with Crippen molar-refractivity contribution < 1.29 is 4.74 Å². The van der Waals surface area contributed by atoms with Crippen LogP contribution >= 0.6 is 0 Å². The second-order valence-corrected chi connectivity index (χ2v) is 9.31. The molecule has 0 amide bonds. The lowest BCUT2D eigenvalue weighted by molar-refractivity contribution is 0.264. The Balaban J connectivity index is 1.72. The average molecular weight is 442 g/mol. The standard InChI is InChI=1S/C24H39N7O/c1-29-10-5-11-31(15-14-29)24-27-21-16-18(6-4-9-25)22(32-3)17-20(21)23(28-24)26-19-7-12-30(2)13-8-19/h16-17,19H,4-15,25H2,1-3H3,(H,26,27,28). The number of piperidine rings is 1. The fourth-order valence-corrected chi connectivity index (χ4v) is 4.71. The van der Waals surface area contributed by atoms with Gasteiger partial charge in [0.15, 0.2) is 0 Å². The number of anilines is 2. The molecule has 2 saturated heterocycles. The van der Waals surface area contributed by atoms with Crippen molar-refractivity contribution in [3.63, 3.8) is 0 Å². The summed E-state index contributed by atoms with van der Waals surface area (Å²) in [6.45, 7) is 6.97. The molecule has 0 radical (unpaired) electrons. The zero-order chi connectivity index (χ0) is 22.5. The van der Waals surface area contributed by atoms with Crippen LogP contribution < -0.4 is 20.7 Å². The molecule has 0 atom stereocenters. The Morgan fingerprint density at radius 1 is 1.03 bits per heavy atom. The normalized spacial score (nSPS) is 19.3. The highest BCUT2D eigenvalue weighted by atomic mass is 16.5. The summed E-state index contributed by atoms with van der Waals surface area (Å²) in [7, 11) is 6.12. The van der Waals surface area contributed by atoms with Crippen LogP contribution in [0.15, 0.2) is 12.1 Å². The van der Waals surface area contributed by atoms with Gasteiger partial charge in [-0.1, -0.05) is 0 Å². The van der Waals surface area contributed by atoms with Crippen molar-refractivity contribution in [2.75, 3.05) is 77.2 Å². The first-order chi connectivity index (χ1) is 15.6. The van der Waals surface area contributed by atoms with Crippen LogP contribution in [0.1, 0.15) is 31.2 Å². The number of nitrogens with zero attached hydrogens (tertiary/aromatic N) is 5. The highest BCUT2D eigenvalue weighted by Gasteiger charge is 2.22. The van der Waals surface area contributed by atoms with E-state index in [9.17, 15) is 0 Å². The van der Waals surface area contributed by atoms with Crippen molar-refractivity contribution >= 4 is 22.7 Å². The van der Waals surface area contributed by atoms with Crippen molar-refractivity contribution in [2.24, 2.45) is 5.73 Å². The lowest BCUT2D eigenvalue weighted by Crippen LogP contribution is -2.37. The molecule has 0 unspecified atom stereocenters. The molecular formula is C24H39N7O. The number of fused-ring (bicyclic) bond motifs is 1. The molecule has 0 aliphatic carbocycles. The maximum Gasteiger partial charge on any atom is 0.227 e. The maximum atomic E-state index is 5.78. The number of nitrogens with two attached hydrogens (primary N) is 1. The second kappa shape index (κ2) is 10.6. The van der Waals surface area contributed by atoms with E-state index in [0.717, 1.165) is 105 Å². The number of benzene rings is 1. The van der Waals surface area contributed by atoms with Crippen LogP contribution in [0.2, 0.25) is 0 Å². The van der Waals surface area contributed by atoms with Crippen molar-refractivity contribution in [2.45, 2.75) is 38.1 Å². The largest absolute Gasteiger partial charge is 0.496 e. The molecule has 3 heterocycles. The SMILES string of the molecule is COc1cc2c(NC3CCN(C)CC3)nc(N3CCCN(C)CC3)nc2cc1CCCN. The number of ether oxygens (including phenoxy) is 1. The molecule has 2 aliphatic heterocycles. The molecule has 2 aliphatic rings. The minimum absolute atomic E-state index is 0.426. The summed E-state index contributed by atoms with van der Waals surface area (Å²) in [5.41, 5.74) is 7.92. The molecule has 176 valence electrons. The quantitative estimate of drug-likeness (QED) is 0.677. The molecule has 32 heavy (non-hydrogen) atoms. The van der Waals surface area contributed by atoms with Gasteiger partial charge in [-0.15, -0.1) is 0 Å². The molecule has 8 heteroatoms. The topological polar surface area (TPSA) is 82.8 Å². The number of methoxy groups -OCH3 is 1. The Morgan fingerprint density at radius 3 is 2.56 bits per heavy atom. The number of aryl methyl sites for hydroxylation is 1. The molecular weight excluding hydrogens is 402 g/mol. The van der Waals surface area contributed by atoms with Crippen LogP contribution in [-0.2, 0) is 6.42 Å². The number of rotatable bonds is 7. The molecule has 8 nitrogen and oxygen atoms in total. The summed E-state index contributed by atoms with van der Waals surface area (Å²) in [6.07, 6.45) is 5.19. The Labute approximate surface area is 192 Å². The van der Waals surface area contributed by atoms with Gasteiger partial charge < -0.3 is 30.5 Å². The highest BCUT2D eigenvalue weighted by Crippen LogP contribution is 2.32. The van der Waals surface area contributed by atoms with E-state index in [-0.39, 0.29) is 0 Å². The first kappa shape index (κ1) is 23.0. The van der Waals surface area contributed by atoms with E-state index >= 15 is 0 Å². The zero-order valence-corrected chi connectivity index (χ0v) is 19.9. The molecule has 0 bridgehead atoms. The lowest BCUT2D eigenvalue weighted by Gasteiger charge is -2.30. The van der Waals surface area contributed by atoms with Gasteiger partial charge in [0, 0.05) is 31.1 Å². The summed E-state index contributed by atoms with van der Waals surface area (Å²) >= 11 is 0. The molecule has 3 N–H and O–H groups in total. The first-order valence-electron chi connectivity index (χ1n) is 12.0. The minimum atomic E-state index is 0.426.